The van der Waals surface area contributed by atoms with Crippen LogP contribution < -0.4 is 4.74 Å². The van der Waals surface area contributed by atoms with Crippen LogP contribution in [0.3, 0.4) is 0 Å². The van der Waals surface area contributed by atoms with Crippen LogP contribution in [0.5, 0.6) is 17.2 Å². The van der Waals surface area contributed by atoms with E-state index in [1.54, 1.807) is 0 Å². The first-order chi connectivity index (χ1) is 14.2. The second kappa shape index (κ2) is 6.63. The van der Waals surface area contributed by atoms with Crippen molar-refractivity contribution in [3.8, 4) is 17.2 Å². The second-order valence-electron chi connectivity index (χ2n) is 7.39. The topological polar surface area (TPSA) is 162 Å². The molecule has 0 saturated carbocycles. The number of aromatic hydroxyl groups is 2. The van der Waals surface area contributed by atoms with E-state index in [0.29, 0.717) is 0 Å². The summed E-state index contributed by atoms with van der Waals surface area (Å²) in [6, 6.07) is 4.34. The lowest BCUT2D eigenvalue weighted by molar-refractivity contribution is -0.145. The highest BCUT2D eigenvalue weighted by atomic mass is 16.5. The number of aliphatic hydroxyl groups is 3. The van der Waals surface area contributed by atoms with Crippen molar-refractivity contribution in [2.75, 3.05) is 13.7 Å². The van der Waals surface area contributed by atoms with E-state index in [-0.39, 0.29) is 28.0 Å². The van der Waals surface area contributed by atoms with Crippen LogP contribution in [0.25, 0.3) is 0 Å². The minimum Gasteiger partial charge on any atom is -0.507 e. The van der Waals surface area contributed by atoms with Crippen LogP contribution in [0, 0.1) is 0 Å². The van der Waals surface area contributed by atoms with Gasteiger partial charge in [-0.2, -0.15) is 0 Å². The zero-order valence-corrected chi connectivity index (χ0v) is 15.8. The number of carbonyl (C=O) groups is 3. The van der Waals surface area contributed by atoms with E-state index in [9.17, 15) is 34.8 Å². The zero-order valence-electron chi connectivity index (χ0n) is 15.8. The van der Waals surface area contributed by atoms with Crippen LogP contribution in [0.2, 0.25) is 0 Å². The summed E-state index contributed by atoms with van der Waals surface area (Å²) in [5.41, 5.74) is -3.77. The van der Waals surface area contributed by atoms with Crippen LogP contribution in [0.1, 0.15) is 55.5 Å². The quantitative estimate of drug-likeness (QED) is 0.376. The van der Waals surface area contributed by atoms with Crippen molar-refractivity contribution in [3.05, 3.63) is 51.6 Å². The number of rotatable bonds is 3. The van der Waals surface area contributed by atoms with Gasteiger partial charge in [-0.1, -0.05) is 12.1 Å². The van der Waals surface area contributed by atoms with Gasteiger partial charge in [-0.25, -0.2) is 0 Å². The minimum absolute atomic E-state index is 0.0421. The molecule has 0 aliphatic heterocycles. The Morgan fingerprint density at radius 2 is 1.80 bits per heavy atom. The highest BCUT2D eigenvalue weighted by Gasteiger charge is 2.48. The molecule has 0 heterocycles. The third-order valence-electron chi connectivity index (χ3n) is 5.76. The van der Waals surface area contributed by atoms with Gasteiger partial charge in [0.25, 0.3) is 0 Å². The molecule has 2 atom stereocenters. The summed E-state index contributed by atoms with van der Waals surface area (Å²) >= 11 is 0. The maximum atomic E-state index is 13.2. The molecule has 2 aromatic rings. The number of fused-ring (bicyclic) bond motifs is 3. The molecule has 156 valence electrons. The summed E-state index contributed by atoms with van der Waals surface area (Å²) in [6.07, 6.45) is -2.75. The van der Waals surface area contributed by atoms with E-state index < -0.39 is 71.1 Å². The minimum atomic E-state index is -2.21. The van der Waals surface area contributed by atoms with Crippen LogP contribution in [0.4, 0.5) is 0 Å². The van der Waals surface area contributed by atoms with E-state index in [0.717, 1.165) is 0 Å². The number of aliphatic hydroxyl groups excluding tert-OH is 2. The Hall–Kier alpha value is -3.27. The number of methoxy groups -OCH3 is 1. The van der Waals surface area contributed by atoms with E-state index in [1.165, 1.54) is 25.3 Å². The molecule has 0 spiro atoms. The Balaban J connectivity index is 2.01. The Bertz CT molecular complexity index is 1130. The molecule has 0 aromatic heterocycles. The molecule has 0 radical (unpaired) electrons. The second-order valence-corrected chi connectivity index (χ2v) is 7.39. The number of hydrogen-bond acceptors (Lipinski definition) is 9. The third-order valence-corrected chi connectivity index (χ3v) is 5.76. The fraction of sp³-hybridized carbons (Fsp3) is 0.286. The number of hydrogen-bond donors (Lipinski definition) is 5. The van der Waals surface area contributed by atoms with Crippen molar-refractivity contribution in [2.24, 2.45) is 0 Å². The normalized spacial score (nSPS) is 22.2. The molecule has 9 nitrogen and oxygen atoms in total. The number of ether oxygens (including phenoxy) is 1. The van der Waals surface area contributed by atoms with Crippen molar-refractivity contribution in [2.45, 2.75) is 24.5 Å². The van der Waals surface area contributed by atoms with E-state index in [4.69, 9.17) is 9.84 Å². The van der Waals surface area contributed by atoms with Gasteiger partial charge in [-0.3, -0.25) is 14.4 Å². The number of phenols is 2. The van der Waals surface area contributed by atoms with Crippen molar-refractivity contribution >= 4 is 17.3 Å². The van der Waals surface area contributed by atoms with Crippen molar-refractivity contribution in [1.82, 2.24) is 0 Å². The predicted octanol–water partition coefficient (Wildman–Crippen LogP) is 0.154. The molecule has 2 aliphatic rings. The van der Waals surface area contributed by atoms with Gasteiger partial charge in [-0.15, -0.1) is 0 Å². The number of benzene rings is 2. The molecule has 0 fully saturated rings. The zero-order chi connectivity index (χ0) is 22.0. The lowest BCUT2D eigenvalue weighted by Crippen LogP contribution is -2.47. The Morgan fingerprint density at radius 3 is 2.43 bits per heavy atom. The maximum Gasteiger partial charge on any atom is 0.202 e. The SMILES string of the molecule is COc1cccc2c1C(=O)c1c(O)c3c(c(O)c1C2=O)CC(O)(C(=O)CO)C[C@H]3O. The standard InChI is InChI=1S/C21H18O9/c1-30-11-4-2-3-8-14(11)20(28)16-15(17(8)25)18(26)9-5-21(29,12(24)7-22)6-10(23)13(9)19(16)27/h2-4,10,22-23,26-27,29H,5-7H2,1H3/t10-,21?/m1/s1. The van der Waals surface area contributed by atoms with Crippen LogP contribution >= 0.6 is 0 Å². The van der Waals surface area contributed by atoms with Gasteiger partial charge in [0.1, 0.15) is 29.5 Å². The summed E-state index contributed by atoms with van der Waals surface area (Å²) < 4.78 is 5.16. The van der Waals surface area contributed by atoms with E-state index in [2.05, 4.69) is 0 Å². The average molecular weight is 414 g/mol. The van der Waals surface area contributed by atoms with Crippen molar-refractivity contribution in [3.63, 3.8) is 0 Å². The molecule has 1 unspecified atom stereocenters. The molecule has 4 rings (SSSR count). The Labute approximate surface area is 169 Å². The molecule has 2 aromatic carbocycles. The lowest BCUT2D eigenvalue weighted by atomic mass is 9.72. The van der Waals surface area contributed by atoms with Gasteiger partial charge in [0.2, 0.25) is 5.78 Å². The average Bonchev–Trinajstić information content (AvgIpc) is 2.72. The fourth-order valence-electron chi connectivity index (χ4n) is 4.30. The summed E-state index contributed by atoms with van der Waals surface area (Å²) in [6.45, 7) is -0.999. The summed E-state index contributed by atoms with van der Waals surface area (Å²) in [7, 11) is 1.32. The fourth-order valence-corrected chi connectivity index (χ4v) is 4.30. The first-order valence-corrected chi connectivity index (χ1v) is 9.08. The molecular weight excluding hydrogens is 396 g/mol. The first-order valence-electron chi connectivity index (χ1n) is 9.08. The largest absolute Gasteiger partial charge is 0.507 e. The van der Waals surface area contributed by atoms with Crippen molar-refractivity contribution < 1.29 is 44.7 Å². The molecule has 9 heteroatoms. The van der Waals surface area contributed by atoms with Crippen LogP contribution in [-0.4, -0.2) is 62.2 Å². The highest BCUT2D eigenvalue weighted by Crippen LogP contribution is 2.50. The molecule has 0 bridgehead atoms. The number of ketones is 3. The number of phenolic OH excluding ortho intramolecular Hbond substituents is 2. The van der Waals surface area contributed by atoms with Gasteiger partial charge in [0.15, 0.2) is 11.6 Å². The van der Waals surface area contributed by atoms with Gasteiger partial charge in [0.05, 0.1) is 29.9 Å². The summed E-state index contributed by atoms with van der Waals surface area (Å²) in [5.74, 6) is -3.83. The number of Topliss-reactive ketones (excluding diaryl/α,β-unsaturated/α-hetero) is 1. The molecule has 0 saturated heterocycles. The summed E-state index contributed by atoms with van der Waals surface area (Å²) in [5, 5.41) is 51.9. The monoisotopic (exact) mass is 414 g/mol. The van der Waals surface area contributed by atoms with E-state index in [1.807, 2.05) is 0 Å². The first kappa shape index (κ1) is 20.0. The van der Waals surface area contributed by atoms with Gasteiger partial charge < -0.3 is 30.3 Å². The predicted molar refractivity (Wildman–Crippen MR) is 100.0 cm³/mol. The smallest absolute Gasteiger partial charge is 0.202 e. The third kappa shape index (κ3) is 2.49. The Kier molecular flexibility index (Phi) is 4.42. The van der Waals surface area contributed by atoms with Crippen LogP contribution in [0.15, 0.2) is 18.2 Å². The van der Waals surface area contributed by atoms with E-state index >= 15 is 0 Å². The highest BCUT2D eigenvalue weighted by molar-refractivity contribution is 6.31. The Morgan fingerprint density at radius 1 is 1.13 bits per heavy atom. The van der Waals surface area contributed by atoms with Crippen molar-refractivity contribution in [1.29, 1.82) is 0 Å². The lowest BCUT2D eigenvalue weighted by Gasteiger charge is -2.36. The van der Waals surface area contributed by atoms with Gasteiger partial charge >= 0.3 is 0 Å². The van der Waals surface area contributed by atoms with Crippen LogP contribution in [-0.2, 0) is 11.2 Å². The van der Waals surface area contributed by atoms with Gasteiger partial charge in [0, 0.05) is 29.5 Å². The summed E-state index contributed by atoms with van der Waals surface area (Å²) in [4.78, 5) is 38.3. The van der Waals surface area contributed by atoms with Gasteiger partial charge in [-0.05, 0) is 6.07 Å². The maximum absolute atomic E-state index is 13.2. The molecule has 30 heavy (non-hydrogen) atoms. The molecular formula is C21H18O9. The molecule has 5 N–H and O–H groups in total. The molecule has 2 aliphatic carbocycles. The molecule has 0 amide bonds. The number of carbonyl (C=O) groups excluding carboxylic acids is 3.